The number of carbonyl (C=O) groups excluding carboxylic acids is 2. The summed E-state index contributed by atoms with van der Waals surface area (Å²) < 4.78 is 11.0. The number of benzene rings is 2. The van der Waals surface area contributed by atoms with E-state index in [9.17, 15) is 9.59 Å². The number of hydrogen-bond donors (Lipinski definition) is 2. The van der Waals surface area contributed by atoms with E-state index in [2.05, 4.69) is 10.6 Å². The molecule has 2 amide bonds. The summed E-state index contributed by atoms with van der Waals surface area (Å²) in [4.78, 5) is 25.3. The highest BCUT2D eigenvalue weighted by molar-refractivity contribution is 6.30. The third-order valence-corrected chi connectivity index (χ3v) is 4.50. The number of carbonyl (C=O) groups is 2. The van der Waals surface area contributed by atoms with Gasteiger partial charge in [0.25, 0.3) is 5.91 Å². The van der Waals surface area contributed by atoms with Crippen molar-refractivity contribution in [3.8, 4) is 11.5 Å². The van der Waals surface area contributed by atoms with E-state index in [1.807, 2.05) is 13.8 Å². The number of rotatable bonds is 6. The lowest BCUT2D eigenvalue weighted by molar-refractivity contribution is -0.118. The summed E-state index contributed by atoms with van der Waals surface area (Å²) in [7, 11) is 0. The Hall–Kier alpha value is -2.73. The highest BCUT2D eigenvalue weighted by Crippen LogP contribution is 2.32. The second-order valence-electron chi connectivity index (χ2n) is 7.01. The molecule has 28 heavy (non-hydrogen) atoms. The minimum Gasteiger partial charge on any atom is -0.486 e. The standard InChI is InChI=1S/C21H23ClN2O4/c1-13(2)11-17(24-20(25)14-3-5-15(22)6-4-14)21(26)23-16-7-8-18-19(12-16)28-10-9-27-18/h3-8,12-13,17H,9-11H2,1-2H3,(H,23,26)(H,24,25)/t17-/m0/s1. The van der Waals surface area contributed by atoms with Crippen LogP contribution in [-0.4, -0.2) is 31.1 Å². The lowest BCUT2D eigenvalue weighted by Gasteiger charge is -2.22. The molecule has 2 N–H and O–H groups in total. The highest BCUT2D eigenvalue weighted by atomic mass is 35.5. The predicted octanol–water partition coefficient (Wildman–Crippen LogP) is 3.89. The molecule has 0 unspecified atom stereocenters. The van der Waals surface area contributed by atoms with Crippen molar-refractivity contribution in [3.63, 3.8) is 0 Å². The summed E-state index contributed by atoms with van der Waals surface area (Å²) in [5, 5.41) is 6.22. The first kappa shape index (κ1) is 20.0. The fraction of sp³-hybridized carbons (Fsp3) is 0.333. The molecule has 0 saturated carbocycles. The summed E-state index contributed by atoms with van der Waals surface area (Å²) in [5.74, 6) is 0.863. The van der Waals surface area contributed by atoms with Crippen molar-refractivity contribution in [2.45, 2.75) is 26.3 Å². The molecular weight excluding hydrogens is 380 g/mol. The van der Waals surface area contributed by atoms with Gasteiger partial charge in [0, 0.05) is 22.3 Å². The Morgan fingerprint density at radius 3 is 2.39 bits per heavy atom. The number of hydrogen-bond acceptors (Lipinski definition) is 4. The van der Waals surface area contributed by atoms with Gasteiger partial charge in [-0.2, -0.15) is 0 Å². The molecule has 1 heterocycles. The number of fused-ring (bicyclic) bond motifs is 1. The van der Waals surface area contributed by atoms with Gasteiger partial charge in [-0.15, -0.1) is 0 Å². The minimum atomic E-state index is -0.670. The van der Waals surface area contributed by atoms with E-state index in [-0.39, 0.29) is 17.7 Å². The lowest BCUT2D eigenvalue weighted by atomic mass is 10.0. The van der Waals surface area contributed by atoms with Gasteiger partial charge in [0.2, 0.25) is 5.91 Å². The second kappa shape index (κ2) is 8.97. The molecule has 0 spiro atoms. The molecule has 0 fully saturated rings. The fourth-order valence-electron chi connectivity index (χ4n) is 2.90. The summed E-state index contributed by atoms with van der Waals surface area (Å²) in [6.07, 6.45) is 0.510. The Morgan fingerprint density at radius 2 is 1.71 bits per heavy atom. The molecule has 0 bridgehead atoms. The van der Waals surface area contributed by atoms with Crippen molar-refractivity contribution < 1.29 is 19.1 Å². The van der Waals surface area contributed by atoms with Crippen LogP contribution >= 0.6 is 11.6 Å². The third kappa shape index (κ3) is 5.16. The number of ether oxygens (including phenoxy) is 2. The molecule has 0 aliphatic carbocycles. The van der Waals surface area contributed by atoms with Crippen molar-refractivity contribution in [2.75, 3.05) is 18.5 Å². The van der Waals surface area contributed by atoms with E-state index in [4.69, 9.17) is 21.1 Å². The van der Waals surface area contributed by atoms with Crippen LogP contribution in [0.5, 0.6) is 11.5 Å². The Balaban J connectivity index is 1.70. The molecule has 1 atom stereocenters. The van der Waals surface area contributed by atoms with Gasteiger partial charge >= 0.3 is 0 Å². The van der Waals surface area contributed by atoms with Crippen molar-refractivity contribution in [2.24, 2.45) is 5.92 Å². The predicted molar refractivity (Wildman–Crippen MR) is 108 cm³/mol. The molecule has 1 aliphatic rings. The van der Waals surface area contributed by atoms with Gasteiger partial charge in [-0.1, -0.05) is 25.4 Å². The number of nitrogens with one attached hydrogen (secondary N) is 2. The lowest BCUT2D eigenvalue weighted by Crippen LogP contribution is -2.44. The largest absolute Gasteiger partial charge is 0.486 e. The first-order chi connectivity index (χ1) is 13.4. The van der Waals surface area contributed by atoms with Crippen LogP contribution in [0.1, 0.15) is 30.6 Å². The smallest absolute Gasteiger partial charge is 0.251 e. The topological polar surface area (TPSA) is 76.7 Å². The van der Waals surface area contributed by atoms with Crippen molar-refractivity contribution >= 4 is 29.1 Å². The maximum Gasteiger partial charge on any atom is 0.251 e. The van der Waals surface area contributed by atoms with E-state index < -0.39 is 6.04 Å². The van der Waals surface area contributed by atoms with Crippen LogP contribution in [-0.2, 0) is 4.79 Å². The van der Waals surface area contributed by atoms with Crippen LogP contribution in [0.4, 0.5) is 5.69 Å². The molecule has 1 aliphatic heterocycles. The Bertz CT molecular complexity index is 852. The molecule has 0 radical (unpaired) electrons. The molecule has 7 heteroatoms. The maximum absolute atomic E-state index is 12.8. The van der Waals surface area contributed by atoms with E-state index in [1.165, 1.54) is 0 Å². The first-order valence-corrected chi connectivity index (χ1v) is 9.57. The zero-order valence-electron chi connectivity index (χ0n) is 15.8. The van der Waals surface area contributed by atoms with Crippen LogP contribution in [0.25, 0.3) is 0 Å². The third-order valence-electron chi connectivity index (χ3n) is 4.25. The minimum absolute atomic E-state index is 0.224. The van der Waals surface area contributed by atoms with Gasteiger partial charge in [0.1, 0.15) is 19.3 Å². The van der Waals surface area contributed by atoms with E-state index in [0.29, 0.717) is 47.4 Å². The Morgan fingerprint density at radius 1 is 1.04 bits per heavy atom. The van der Waals surface area contributed by atoms with Gasteiger partial charge in [0.15, 0.2) is 11.5 Å². The molecule has 2 aromatic rings. The first-order valence-electron chi connectivity index (χ1n) is 9.19. The fourth-order valence-corrected chi connectivity index (χ4v) is 3.02. The van der Waals surface area contributed by atoms with Crippen LogP contribution in [0.15, 0.2) is 42.5 Å². The van der Waals surface area contributed by atoms with Gasteiger partial charge < -0.3 is 20.1 Å². The van der Waals surface area contributed by atoms with Crippen LogP contribution in [0.3, 0.4) is 0 Å². The zero-order chi connectivity index (χ0) is 20.1. The monoisotopic (exact) mass is 402 g/mol. The molecule has 148 valence electrons. The Labute approximate surface area is 169 Å². The summed E-state index contributed by atoms with van der Waals surface area (Å²) in [6, 6.07) is 11.1. The van der Waals surface area contributed by atoms with Gasteiger partial charge in [-0.05, 0) is 48.7 Å². The number of halogens is 1. The Kier molecular flexibility index (Phi) is 6.41. The van der Waals surface area contributed by atoms with E-state index in [0.717, 1.165) is 0 Å². The van der Waals surface area contributed by atoms with Crippen LogP contribution in [0, 0.1) is 5.92 Å². The summed E-state index contributed by atoms with van der Waals surface area (Å²) >= 11 is 5.87. The van der Waals surface area contributed by atoms with E-state index in [1.54, 1.807) is 42.5 Å². The summed E-state index contributed by atoms with van der Waals surface area (Å²) in [6.45, 7) is 4.97. The molecule has 0 aromatic heterocycles. The quantitative estimate of drug-likeness (QED) is 0.768. The maximum atomic E-state index is 12.8. The number of amides is 2. The zero-order valence-corrected chi connectivity index (χ0v) is 16.6. The van der Waals surface area contributed by atoms with Crippen molar-refractivity contribution in [3.05, 3.63) is 53.1 Å². The van der Waals surface area contributed by atoms with E-state index >= 15 is 0 Å². The van der Waals surface area contributed by atoms with Crippen LogP contribution < -0.4 is 20.1 Å². The normalized spacial score (nSPS) is 13.7. The average Bonchev–Trinajstić information content (AvgIpc) is 2.67. The van der Waals surface area contributed by atoms with Crippen molar-refractivity contribution in [1.29, 1.82) is 0 Å². The SMILES string of the molecule is CC(C)C[C@H](NC(=O)c1ccc(Cl)cc1)C(=O)Nc1ccc2c(c1)OCCO2. The van der Waals surface area contributed by atoms with Gasteiger partial charge in [-0.25, -0.2) is 0 Å². The molecule has 6 nitrogen and oxygen atoms in total. The van der Waals surface area contributed by atoms with Gasteiger partial charge in [-0.3, -0.25) is 9.59 Å². The summed E-state index contributed by atoms with van der Waals surface area (Å²) in [5.41, 5.74) is 1.04. The highest BCUT2D eigenvalue weighted by Gasteiger charge is 2.23. The molecule has 0 saturated heterocycles. The molecular formula is C21H23ClN2O4. The average molecular weight is 403 g/mol. The van der Waals surface area contributed by atoms with Crippen molar-refractivity contribution in [1.82, 2.24) is 5.32 Å². The van der Waals surface area contributed by atoms with Crippen LogP contribution in [0.2, 0.25) is 5.02 Å². The molecule has 3 rings (SSSR count). The molecule has 2 aromatic carbocycles. The second-order valence-corrected chi connectivity index (χ2v) is 7.45. The van der Waals surface area contributed by atoms with Gasteiger partial charge in [0.05, 0.1) is 0 Å². The number of anilines is 1.